The topological polar surface area (TPSA) is 99.9 Å². The van der Waals surface area contributed by atoms with Crippen molar-refractivity contribution in [2.24, 2.45) is 0 Å². The number of anilines is 1. The first-order chi connectivity index (χ1) is 9.79. The number of methoxy groups -OCH3 is 1. The molecule has 2 aromatic rings. The summed E-state index contributed by atoms with van der Waals surface area (Å²) in [5.74, 6) is 0.649. The van der Waals surface area contributed by atoms with Crippen molar-refractivity contribution >= 4 is 17.5 Å². The first-order valence-corrected chi connectivity index (χ1v) is 6.24. The molecular weight excluding hydrogens is 286 g/mol. The van der Waals surface area contributed by atoms with Crippen LogP contribution < -0.4 is 5.32 Å². The molecule has 0 aromatic carbocycles. The lowest BCUT2D eigenvalue weighted by Gasteiger charge is -2.07. The van der Waals surface area contributed by atoms with E-state index in [1.54, 1.807) is 7.11 Å². The van der Waals surface area contributed by atoms with Crippen LogP contribution in [0.4, 0.5) is 5.95 Å². The number of halogens is 1. The Balaban J connectivity index is 1.88. The lowest BCUT2D eigenvalue weighted by molar-refractivity contribution is 0.0759. The van der Waals surface area contributed by atoms with Gasteiger partial charge in [-0.25, -0.2) is 4.98 Å². The third-order valence-electron chi connectivity index (χ3n) is 2.18. The molecule has 0 atom stereocenters. The highest BCUT2D eigenvalue weighted by Crippen LogP contribution is 2.08. The predicted octanol–water partition coefficient (Wildman–Crippen LogP) is 0.181. The first kappa shape index (κ1) is 14.6. The van der Waals surface area contributed by atoms with E-state index in [9.17, 15) is 0 Å². The summed E-state index contributed by atoms with van der Waals surface area (Å²) in [6.45, 7) is 2.15. The number of nitrogens with zero attached hydrogens (tertiary/aromatic N) is 6. The summed E-state index contributed by atoms with van der Waals surface area (Å²) in [5, 5.41) is 6.99. The van der Waals surface area contributed by atoms with E-state index in [4.69, 9.17) is 21.1 Å². The van der Waals surface area contributed by atoms with Crippen molar-refractivity contribution < 1.29 is 9.47 Å². The Labute approximate surface area is 120 Å². The van der Waals surface area contributed by atoms with Gasteiger partial charge in [0.2, 0.25) is 11.2 Å². The predicted molar refractivity (Wildman–Crippen MR) is 70.9 cm³/mol. The molecule has 0 aliphatic rings. The molecule has 2 rings (SSSR count). The average molecular weight is 300 g/mol. The molecule has 9 nitrogen and oxygen atoms in total. The van der Waals surface area contributed by atoms with Gasteiger partial charge in [-0.1, -0.05) is 0 Å². The number of ether oxygens (including phenoxy) is 2. The van der Waals surface area contributed by atoms with Crippen LogP contribution in [0.25, 0.3) is 5.95 Å². The van der Waals surface area contributed by atoms with E-state index in [2.05, 4.69) is 30.4 Å². The van der Waals surface area contributed by atoms with E-state index in [1.807, 2.05) is 0 Å². The van der Waals surface area contributed by atoms with E-state index in [0.29, 0.717) is 38.3 Å². The monoisotopic (exact) mass is 299 g/mol. The zero-order valence-corrected chi connectivity index (χ0v) is 11.6. The maximum absolute atomic E-state index is 5.84. The Morgan fingerprint density at radius 2 is 2.15 bits per heavy atom. The molecule has 2 heterocycles. The van der Waals surface area contributed by atoms with Gasteiger partial charge >= 0.3 is 0 Å². The number of rotatable bonds is 8. The van der Waals surface area contributed by atoms with Gasteiger partial charge in [-0.05, 0) is 11.6 Å². The van der Waals surface area contributed by atoms with E-state index >= 15 is 0 Å². The Morgan fingerprint density at radius 1 is 1.25 bits per heavy atom. The summed E-state index contributed by atoms with van der Waals surface area (Å²) in [6, 6.07) is 0. The number of hydrogen-bond donors (Lipinski definition) is 1. The molecule has 0 unspecified atom stereocenters. The van der Waals surface area contributed by atoms with Crippen molar-refractivity contribution in [2.75, 3.05) is 38.8 Å². The van der Waals surface area contributed by atoms with Gasteiger partial charge in [0.15, 0.2) is 0 Å². The van der Waals surface area contributed by atoms with Gasteiger partial charge in [0.25, 0.3) is 5.95 Å². The molecule has 0 spiro atoms. The zero-order chi connectivity index (χ0) is 14.2. The fourth-order valence-corrected chi connectivity index (χ4v) is 1.47. The molecule has 10 heteroatoms. The van der Waals surface area contributed by atoms with Gasteiger partial charge in [0.1, 0.15) is 12.7 Å². The van der Waals surface area contributed by atoms with Crippen molar-refractivity contribution in [3.8, 4) is 5.95 Å². The summed E-state index contributed by atoms with van der Waals surface area (Å²) in [5.41, 5.74) is 0. The highest BCUT2D eigenvalue weighted by atomic mass is 35.5. The fraction of sp³-hybridized carbons (Fsp3) is 0.500. The Morgan fingerprint density at radius 3 is 2.90 bits per heavy atom. The first-order valence-electron chi connectivity index (χ1n) is 5.86. The molecule has 108 valence electrons. The van der Waals surface area contributed by atoms with Gasteiger partial charge in [-0.15, -0.1) is 0 Å². The highest BCUT2D eigenvalue weighted by Gasteiger charge is 2.06. The molecule has 1 N–H and O–H groups in total. The minimum Gasteiger partial charge on any atom is -0.382 e. The normalized spacial score (nSPS) is 10.7. The molecule has 0 aliphatic heterocycles. The molecule has 20 heavy (non-hydrogen) atoms. The lowest BCUT2D eigenvalue weighted by Crippen LogP contribution is -2.15. The molecule has 0 amide bonds. The smallest absolute Gasteiger partial charge is 0.258 e. The molecule has 0 saturated carbocycles. The number of nitrogens with one attached hydrogen (secondary N) is 1. The molecule has 2 aromatic heterocycles. The maximum atomic E-state index is 5.84. The van der Waals surface area contributed by atoms with Gasteiger partial charge in [0.05, 0.1) is 19.8 Å². The van der Waals surface area contributed by atoms with Crippen LogP contribution in [-0.4, -0.2) is 63.2 Å². The molecule has 0 radical (unpaired) electrons. The Hall–Kier alpha value is -1.84. The number of hydrogen-bond acceptors (Lipinski definition) is 8. The SMILES string of the molecule is COCCOCCNc1nc(Cl)nc(-n2cncn2)n1. The van der Waals surface area contributed by atoms with E-state index in [1.165, 1.54) is 17.3 Å². The van der Waals surface area contributed by atoms with Crippen molar-refractivity contribution in [3.63, 3.8) is 0 Å². The van der Waals surface area contributed by atoms with E-state index in [0.717, 1.165) is 0 Å². The third kappa shape index (κ3) is 4.37. The van der Waals surface area contributed by atoms with Crippen molar-refractivity contribution in [1.82, 2.24) is 29.7 Å². The Bertz CT molecular complexity index is 522. The lowest BCUT2D eigenvalue weighted by atomic mass is 10.6. The van der Waals surface area contributed by atoms with Gasteiger partial charge < -0.3 is 14.8 Å². The minimum absolute atomic E-state index is 0.0771. The van der Waals surface area contributed by atoms with Crippen LogP contribution in [0.2, 0.25) is 5.28 Å². The fourth-order valence-electron chi connectivity index (χ4n) is 1.31. The standard InChI is InChI=1S/C10H14ClN7O2/c1-19-4-5-20-3-2-13-9-15-8(11)16-10(17-9)18-7-12-6-14-18/h6-7H,2-5H2,1H3,(H,13,15,16,17). The largest absolute Gasteiger partial charge is 0.382 e. The second kappa shape index (κ2) is 7.68. The quantitative estimate of drug-likeness (QED) is 0.689. The summed E-state index contributed by atoms with van der Waals surface area (Å²) >= 11 is 5.84. The van der Waals surface area contributed by atoms with Crippen LogP contribution in [0, 0.1) is 0 Å². The van der Waals surface area contributed by atoms with Crippen LogP contribution in [-0.2, 0) is 9.47 Å². The van der Waals surface area contributed by atoms with Gasteiger partial charge in [-0.3, -0.25) is 0 Å². The average Bonchev–Trinajstić information content (AvgIpc) is 2.96. The minimum atomic E-state index is 0.0771. The highest BCUT2D eigenvalue weighted by molar-refractivity contribution is 6.28. The van der Waals surface area contributed by atoms with Gasteiger partial charge in [-0.2, -0.15) is 24.7 Å². The number of aromatic nitrogens is 6. The summed E-state index contributed by atoms with van der Waals surface area (Å²) in [6.07, 6.45) is 2.86. The van der Waals surface area contributed by atoms with Gasteiger partial charge in [0, 0.05) is 13.7 Å². The second-order valence-corrected chi connectivity index (χ2v) is 3.94. The van der Waals surface area contributed by atoms with Crippen LogP contribution in [0.5, 0.6) is 0 Å². The van der Waals surface area contributed by atoms with Crippen molar-refractivity contribution in [2.45, 2.75) is 0 Å². The molecule has 0 saturated heterocycles. The molecule has 0 bridgehead atoms. The van der Waals surface area contributed by atoms with Crippen molar-refractivity contribution in [1.29, 1.82) is 0 Å². The second-order valence-electron chi connectivity index (χ2n) is 3.60. The molecule has 0 aliphatic carbocycles. The third-order valence-corrected chi connectivity index (χ3v) is 2.35. The zero-order valence-electron chi connectivity index (χ0n) is 10.9. The molecule has 0 fully saturated rings. The summed E-state index contributed by atoms with van der Waals surface area (Å²) < 4.78 is 11.6. The van der Waals surface area contributed by atoms with E-state index in [-0.39, 0.29) is 5.28 Å². The van der Waals surface area contributed by atoms with Crippen LogP contribution in [0.15, 0.2) is 12.7 Å². The van der Waals surface area contributed by atoms with E-state index < -0.39 is 0 Å². The summed E-state index contributed by atoms with van der Waals surface area (Å²) in [4.78, 5) is 15.9. The van der Waals surface area contributed by atoms with Crippen LogP contribution in [0.1, 0.15) is 0 Å². The van der Waals surface area contributed by atoms with Crippen molar-refractivity contribution in [3.05, 3.63) is 17.9 Å². The van der Waals surface area contributed by atoms with Crippen LogP contribution in [0.3, 0.4) is 0 Å². The Kier molecular flexibility index (Phi) is 5.59. The maximum Gasteiger partial charge on any atom is 0.258 e. The van der Waals surface area contributed by atoms with Crippen LogP contribution >= 0.6 is 11.6 Å². The summed E-state index contributed by atoms with van der Waals surface area (Å²) in [7, 11) is 1.63. The molecular formula is C10H14ClN7O2.